The van der Waals surface area contributed by atoms with Crippen molar-refractivity contribution >= 4 is 45.2 Å². The summed E-state index contributed by atoms with van der Waals surface area (Å²) in [6, 6.07) is 0.346. The zero-order valence-corrected chi connectivity index (χ0v) is 28.0. The van der Waals surface area contributed by atoms with Crippen molar-refractivity contribution in [3.05, 3.63) is 35.3 Å². The van der Waals surface area contributed by atoms with Crippen LogP contribution in [0.4, 0.5) is 0 Å². The van der Waals surface area contributed by atoms with Crippen LogP contribution in [0.1, 0.15) is 66.7 Å². The molecule has 40 heavy (non-hydrogen) atoms. The summed E-state index contributed by atoms with van der Waals surface area (Å²) in [4.78, 5) is 12.6. The van der Waals surface area contributed by atoms with E-state index in [1.165, 1.54) is 0 Å². The number of methoxy groups -OCH3 is 1. The lowest BCUT2D eigenvalue weighted by Crippen LogP contribution is -2.48. The molecule has 2 fully saturated rings. The number of carbonyl (C=O) groups is 1. The predicted molar refractivity (Wildman–Crippen MR) is 173 cm³/mol. The molecule has 1 saturated carbocycles. The highest BCUT2D eigenvalue weighted by atomic mass is 33.5. The predicted octanol–water partition coefficient (Wildman–Crippen LogP) is 5.41. The van der Waals surface area contributed by atoms with E-state index in [0.717, 1.165) is 49.1 Å². The molecule has 1 aliphatic heterocycles. The summed E-state index contributed by atoms with van der Waals surface area (Å²) in [6.07, 6.45) is 7.52. The van der Waals surface area contributed by atoms with Crippen LogP contribution in [0, 0.1) is 5.92 Å². The first-order valence-corrected chi connectivity index (χ1v) is 18.6. The van der Waals surface area contributed by atoms with Crippen molar-refractivity contribution in [3.63, 3.8) is 0 Å². The molecule has 1 heterocycles. The molecular formula is C29H49BN2O5S3. The summed E-state index contributed by atoms with van der Waals surface area (Å²) in [5, 5.41) is 6.45. The highest BCUT2D eigenvalue weighted by Gasteiger charge is 2.47. The maximum Gasteiger partial charge on any atom is 0.227 e. The molecule has 2 N–H and O–H groups in total. The molecule has 3 aliphatic rings. The quantitative estimate of drug-likeness (QED) is 0.161. The number of amides is 1. The van der Waals surface area contributed by atoms with Crippen molar-refractivity contribution in [1.29, 1.82) is 0 Å². The summed E-state index contributed by atoms with van der Waals surface area (Å²) in [5.41, 5.74) is 2.60. The van der Waals surface area contributed by atoms with E-state index in [4.69, 9.17) is 18.9 Å². The van der Waals surface area contributed by atoms with E-state index in [-0.39, 0.29) is 41.6 Å². The van der Waals surface area contributed by atoms with Crippen LogP contribution in [-0.2, 0) is 23.7 Å². The van der Waals surface area contributed by atoms with Gasteiger partial charge in [-0.25, -0.2) is 0 Å². The number of allylic oxidation sites excluding steroid dienone is 2. The minimum absolute atomic E-state index is 0.0265. The molecule has 1 saturated heterocycles. The Hall–Kier alpha value is -0.555. The summed E-state index contributed by atoms with van der Waals surface area (Å²) in [5.74, 6) is 1.56. The molecule has 8 atom stereocenters. The fourth-order valence-corrected chi connectivity index (χ4v) is 8.31. The van der Waals surface area contributed by atoms with Crippen molar-refractivity contribution in [3.8, 4) is 0 Å². The number of likely N-dealkylation sites (N-methyl/N-ethyl adjacent to an activating group) is 1. The van der Waals surface area contributed by atoms with Gasteiger partial charge in [-0.3, -0.25) is 4.79 Å². The molecule has 0 spiro atoms. The first kappa shape index (κ1) is 33.9. The van der Waals surface area contributed by atoms with Crippen molar-refractivity contribution in [1.82, 2.24) is 10.6 Å². The highest BCUT2D eigenvalue weighted by molar-refractivity contribution is 9.09. The lowest BCUT2D eigenvalue weighted by Gasteiger charge is -2.40. The molecular weight excluding hydrogens is 563 g/mol. The third kappa shape index (κ3) is 8.51. The van der Waals surface area contributed by atoms with Crippen LogP contribution in [0.5, 0.6) is 0 Å². The Balaban J connectivity index is 1.91. The Morgan fingerprint density at radius 2 is 2.05 bits per heavy atom. The number of nitrogens with one attached hydrogen (secondary N) is 2. The molecule has 0 bridgehead atoms. The molecule has 0 aromatic carbocycles. The van der Waals surface area contributed by atoms with Crippen LogP contribution < -0.4 is 10.6 Å². The van der Waals surface area contributed by atoms with Gasteiger partial charge in [0.25, 0.3) is 0 Å². The average Bonchev–Trinajstić information content (AvgIpc) is 3.17. The minimum atomic E-state index is -0.598. The topological polar surface area (TPSA) is 78.1 Å². The molecule has 7 nitrogen and oxygen atoms in total. The molecule has 11 heteroatoms. The van der Waals surface area contributed by atoms with Crippen LogP contribution in [0.2, 0.25) is 5.31 Å². The fourth-order valence-electron chi connectivity index (χ4n) is 5.90. The van der Waals surface area contributed by atoms with Gasteiger partial charge in [0.2, 0.25) is 12.2 Å². The number of ether oxygens (including phenoxy) is 4. The highest BCUT2D eigenvalue weighted by Crippen LogP contribution is 2.50. The molecule has 226 valence electrons. The van der Waals surface area contributed by atoms with Gasteiger partial charge in [-0.1, -0.05) is 61.9 Å². The Bertz CT molecular complexity index is 947. The number of hydrogen-bond acceptors (Lipinski definition) is 9. The van der Waals surface area contributed by atoms with Gasteiger partial charge in [-0.05, 0) is 65.3 Å². The molecule has 7 unspecified atom stereocenters. The normalized spacial score (nSPS) is 35.8. The third-order valence-corrected chi connectivity index (χ3v) is 12.0. The smallest absolute Gasteiger partial charge is 0.227 e. The maximum absolute atomic E-state index is 12.6. The molecule has 0 aromatic heterocycles. The van der Waals surface area contributed by atoms with Gasteiger partial charge in [0.15, 0.2) is 0 Å². The Morgan fingerprint density at radius 3 is 2.70 bits per heavy atom. The van der Waals surface area contributed by atoms with E-state index in [0.29, 0.717) is 23.9 Å². The van der Waals surface area contributed by atoms with Gasteiger partial charge in [0, 0.05) is 37.7 Å². The monoisotopic (exact) mass is 612 g/mol. The van der Waals surface area contributed by atoms with Gasteiger partial charge in [-0.2, -0.15) is 0 Å². The van der Waals surface area contributed by atoms with Gasteiger partial charge >= 0.3 is 0 Å². The largest absolute Gasteiger partial charge is 0.460 e. The van der Waals surface area contributed by atoms with E-state index < -0.39 is 6.29 Å². The molecule has 1 amide bonds. The second-order valence-electron chi connectivity index (χ2n) is 11.6. The Labute approximate surface area is 254 Å². The third-order valence-electron chi connectivity index (χ3n) is 8.24. The van der Waals surface area contributed by atoms with Crippen LogP contribution in [0.15, 0.2) is 35.3 Å². The SMILES string of the molecule is B[C@@]1(C)CC(=C)C(NC(=O)CC)=C(OC2OC(C)C(C)C2OC2CCC(NCC)C(OC)C2)/C1=C\CSSSC. The van der Waals surface area contributed by atoms with Gasteiger partial charge in [-0.15, -0.1) is 0 Å². The van der Waals surface area contributed by atoms with Gasteiger partial charge in [0.05, 0.1) is 24.0 Å². The molecule has 2 aliphatic carbocycles. The van der Waals surface area contributed by atoms with Crippen LogP contribution in [0.25, 0.3) is 0 Å². The molecule has 0 radical (unpaired) electrons. The molecule has 3 rings (SSSR count). The van der Waals surface area contributed by atoms with Crippen molar-refractivity contribution < 1.29 is 23.7 Å². The van der Waals surface area contributed by atoms with E-state index >= 15 is 0 Å². The van der Waals surface area contributed by atoms with E-state index in [1.54, 1.807) is 38.5 Å². The summed E-state index contributed by atoms with van der Waals surface area (Å²) in [6.45, 7) is 15.7. The number of hydrogen-bond donors (Lipinski definition) is 2. The second kappa shape index (κ2) is 15.8. The van der Waals surface area contributed by atoms with Crippen LogP contribution in [-0.4, -0.2) is 76.2 Å². The average molecular weight is 613 g/mol. The minimum Gasteiger partial charge on any atom is -0.460 e. The lowest BCUT2D eigenvalue weighted by atomic mass is 9.58. The fraction of sp³-hybridized carbons (Fsp3) is 0.759. The Morgan fingerprint density at radius 1 is 1.30 bits per heavy atom. The van der Waals surface area contributed by atoms with Crippen LogP contribution >= 0.6 is 31.4 Å². The maximum atomic E-state index is 12.6. The first-order valence-electron chi connectivity index (χ1n) is 14.5. The summed E-state index contributed by atoms with van der Waals surface area (Å²) < 4.78 is 25.9. The van der Waals surface area contributed by atoms with Crippen molar-refractivity contribution in [2.45, 2.75) is 109 Å². The van der Waals surface area contributed by atoms with Crippen LogP contribution in [0.3, 0.4) is 0 Å². The number of rotatable bonds is 13. The van der Waals surface area contributed by atoms with Crippen molar-refractivity contribution in [2.24, 2.45) is 5.92 Å². The summed E-state index contributed by atoms with van der Waals surface area (Å²) >= 11 is 0. The van der Waals surface area contributed by atoms with Gasteiger partial charge < -0.3 is 29.6 Å². The second-order valence-corrected chi connectivity index (χ2v) is 15.9. The van der Waals surface area contributed by atoms with E-state index in [2.05, 4.69) is 65.1 Å². The Kier molecular flexibility index (Phi) is 13.4. The first-order chi connectivity index (χ1) is 19.1. The van der Waals surface area contributed by atoms with E-state index in [1.807, 2.05) is 6.92 Å². The lowest BCUT2D eigenvalue weighted by molar-refractivity contribution is -0.175. The van der Waals surface area contributed by atoms with Crippen molar-refractivity contribution in [2.75, 3.05) is 25.7 Å². The standard InChI is InChI=1S/C29H49BN2O5S3/c1-9-24(33)32-25-17(3)16-29(6,30)21(13-14-39-40-38-8)27(25)37-28-26(18(4)19(5)35-28)36-20-11-12-22(31-10-2)23(15-20)34-7/h13,18-20,22-23,26,28,31H,3,9-12,14-16,30H2,1-2,4-8H3,(H,32,33)/b21-13+/t18?,19?,20?,22?,23?,26?,28?,29-/m0/s1. The van der Waals surface area contributed by atoms with E-state index in [9.17, 15) is 4.79 Å². The summed E-state index contributed by atoms with van der Waals surface area (Å²) in [7, 11) is 9.27. The zero-order valence-electron chi connectivity index (χ0n) is 25.5. The molecule has 0 aromatic rings. The van der Waals surface area contributed by atoms with Gasteiger partial charge in [0.1, 0.15) is 19.7 Å². The zero-order chi connectivity index (χ0) is 29.4. The number of carbonyl (C=O) groups excluding carboxylic acids is 1.